The number of hydrogen-bond donors (Lipinski definition) is 1. The van der Waals surface area contributed by atoms with Crippen LogP contribution in [0.1, 0.15) is 24.5 Å². The molecule has 1 unspecified atom stereocenters. The predicted octanol–water partition coefficient (Wildman–Crippen LogP) is 2.58. The molecule has 0 aromatic carbocycles. The summed E-state index contributed by atoms with van der Waals surface area (Å²) in [6.45, 7) is 1.96. The number of halogens is 3. The van der Waals surface area contributed by atoms with Crippen LogP contribution in [0.4, 0.5) is 0 Å². The molecule has 1 heterocycles. The largest absolute Gasteiger partial charge is 0.312 e. The summed E-state index contributed by atoms with van der Waals surface area (Å²) in [7, 11) is 1.84. The maximum atomic E-state index is 5.66. The van der Waals surface area contributed by atoms with E-state index in [1.165, 1.54) is 0 Å². The fourth-order valence-electron chi connectivity index (χ4n) is 0.898. The number of aromatic nitrogens is 2. The molecular formula is C8H10Cl3N3. The Hall–Kier alpha value is -0.0900. The SMILES string of the molecule is CNC(C)c1ccnc(C(Cl)(Cl)Cl)n1. The molecule has 1 rings (SSSR count). The minimum Gasteiger partial charge on any atom is -0.312 e. The van der Waals surface area contributed by atoms with Crippen LogP contribution in [0.3, 0.4) is 0 Å². The van der Waals surface area contributed by atoms with E-state index in [2.05, 4.69) is 15.3 Å². The molecule has 1 aromatic heterocycles. The minimum absolute atomic E-state index is 0.101. The maximum Gasteiger partial charge on any atom is 0.250 e. The molecule has 0 spiro atoms. The third kappa shape index (κ3) is 2.95. The molecule has 0 aliphatic carbocycles. The van der Waals surface area contributed by atoms with Crippen molar-refractivity contribution in [3.63, 3.8) is 0 Å². The smallest absolute Gasteiger partial charge is 0.250 e. The fraction of sp³-hybridized carbons (Fsp3) is 0.500. The Labute approximate surface area is 97.8 Å². The maximum absolute atomic E-state index is 5.66. The van der Waals surface area contributed by atoms with Crippen LogP contribution in [0.25, 0.3) is 0 Å². The average molecular weight is 255 g/mol. The molecular weight excluding hydrogens is 244 g/mol. The van der Waals surface area contributed by atoms with Gasteiger partial charge in [0.1, 0.15) is 0 Å². The Morgan fingerprint density at radius 1 is 1.43 bits per heavy atom. The molecule has 0 saturated heterocycles. The van der Waals surface area contributed by atoms with Crippen molar-refractivity contribution < 1.29 is 0 Å². The highest BCUT2D eigenvalue weighted by Gasteiger charge is 2.26. The van der Waals surface area contributed by atoms with Crippen LogP contribution >= 0.6 is 34.8 Å². The molecule has 14 heavy (non-hydrogen) atoms. The van der Waals surface area contributed by atoms with E-state index in [1.807, 2.05) is 14.0 Å². The zero-order valence-electron chi connectivity index (χ0n) is 7.76. The quantitative estimate of drug-likeness (QED) is 0.825. The lowest BCUT2D eigenvalue weighted by atomic mass is 10.2. The van der Waals surface area contributed by atoms with Crippen molar-refractivity contribution in [1.82, 2.24) is 15.3 Å². The number of alkyl halides is 3. The summed E-state index contributed by atoms with van der Waals surface area (Å²) in [4.78, 5) is 8.04. The lowest BCUT2D eigenvalue weighted by molar-refractivity contribution is 0.625. The van der Waals surface area contributed by atoms with E-state index in [1.54, 1.807) is 12.3 Å². The molecule has 0 saturated carbocycles. The van der Waals surface area contributed by atoms with Gasteiger partial charge in [-0.3, -0.25) is 0 Å². The first-order valence-corrected chi connectivity index (χ1v) is 5.16. The summed E-state index contributed by atoms with van der Waals surface area (Å²) in [5, 5.41) is 3.04. The summed E-state index contributed by atoms with van der Waals surface area (Å²) in [5.41, 5.74) is 0.795. The monoisotopic (exact) mass is 253 g/mol. The molecule has 0 aliphatic rings. The summed E-state index contributed by atoms with van der Waals surface area (Å²) in [5.74, 6) is 0.196. The second-order valence-electron chi connectivity index (χ2n) is 2.81. The molecule has 0 fully saturated rings. The van der Waals surface area contributed by atoms with E-state index in [0.29, 0.717) is 0 Å². The lowest BCUT2D eigenvalue weighted by Crippen LogP contribution is -2.16. The van der Waals surface area contributed by atoms with E-state index < -0.39 is 3.79 Å². The fourth-order valence-corrected chi connectivity index (χ4v) is 1.17. The van der Waals surface area contributed by atoms with Gasteiger partial charge in [0.2, 0.25) is 3.79 Å². The zero-order chi connectivity index (χ0) is 10.8. The van der Waals surface area contributed by atoms with E-state index in [4.69, 9.17) is 34.8 Å². The van der Waals surface area contributed by atoms with Crippen molar-refractivity contribution in [2.45, 2.75) is 16.8 Å². The van der Waals surface area contributed by atoms with Gasteiger partial charge in [-0.1, -0.05) is 34.8 Å². The van der Waals surface area contributed by atoms with Crippen molar-refractivity contribution in [3.8, 4) is 0 Å². The molecule has 6 heteroatoms. The number of rotatable bonds is 2. The van der Waals surface area contributed by atoms with E-state index in [9.17, 15) is 0 Å². The van der Waals surface area contributed by atoms with Crippen LogP contribution in [0, 0.1) is 0 Å². The Morgan fingerprint density at radius 3 is 2.57 bits per heavy atom. The predicted molar refractivity (Wildman–Crippen MR) is 58.7 cm³/mol. The van der Waals surface area contributed by atoms with Gasteiger partial charge in [0.15, 0.2) is 5.82 Å². The first kappa shape index (κ1) is 12.0. The lowest BCUT2D eigenvalue weighted by Gasteiger charge is -2.13. The van der Waals surface area contributed by atoms with Crippen LogP contribution in [-0.4, -0.2) is 17.0 Å². The van der Waals surface area contributed by atoms with E-state index in [-0.39, 0.29) is 11.9 Å². The van der Waals surface area contributed by atoms with Gasteiger partial charge in [0.25, 0.3) is 0 Å². The number of nitrogens with one attached hydrogen (secondary N) is 1. The molecule has 1 aromatic rings. The molecule has 0 aliphatic heterocycles. The average Bonchev–Trinajstić information content (AvgIpc) is 2.15. The second kappa shape index (κ2) is 4.62. The Balaban J connectivity index is 3.01. The topological polar surface area (TPSA) is 37.8 Å². The van der Waals surface area contributed by atoms with Crippen LogP contribution in [-0.2, 0) is 3.79 Å². The molecule has 0 radical (unpaired) electrons. The molecule has 0 bridgehead atoms. The second-order valence-corrected chi connectivity index (χ2v) is 5.09. The van der Waals surface area contributed by atoms with Crippen molar-refractivity contribution in [1.29, 1.82) is 0 Å². The third-order valence-corrected chi connectivity index (χ3v) is 2.31. The summed E-state index contributed by atoms with van der Waals surface area (Å²) in [6.07, 6.45) is 1.58. The Kier molecular flexibility index (Phi) is 3.95. The van der Waals surface area contributed by atoms with Crippen molar-refractivity contribution >= 4 is 34.8 Å². The third-order valence-electron chi connectivity index (χ3n) is 1.81. The Morgan fingerprint density at radius 2 is 2.07 bits per heavy atom. The first-order chi connectivity index (χ1) is 6.45. The molecule has 3 nitrogen and oxygen atoms in total. The summed E-state index contributed by atoms with van der Waals surface area (Å²) >= 11 is 17.0. The molecule has 1 N–H and O–H groups in total. The van der Waals surface area contributed by atoms with Gasteiger partial charge in [0.05, 0.1) is 5.69 Å². The van der Waals surface area contributed by atoms with Gasteiger partial charge in [-0.05, 0) is 20.0 Å². The summed E-state index contributed by atoms with van der Waals surface area (Å²) in [6, 6.07) is 1.88. The van der Waals surface area contributed by atoms with Gasteiger partial charge in [-0.2, -0.15) is 0 Å². The van der Waals surface area contributed by atoms with E-state index >= 15 is 0 Å². The standard InChI is InChI=1S/C8H10Cl3N3/c1-5(12-2)6-3-4-13-7(14-6)8(9,10)11/h3-5,12H,1-2H3. The molecule has 0 amide bonds. The normalized spacial score (nSPS) is 14.1. The highest BCUT2D eigenvalue weighted by Crippen LogP contribution is 2.35. The molecule has 1 atom stereocenters. The van der Waals surface area contributed by atoms with Crippen molar-refractivity contribution in [2.75, 3.05) is 7.05 Å². The highest BCUT2D eigenvalue weighted by molar-refractivity contribution is 6.66. The van der Waals surface area contributed by atoms with Crippen LogP contribution in [0.15, 0.2) is 12.3 Å². The van der Waals surface area contributed by atoms with Crippen molar-refractivity contribution in [2.24, 2.45) is 0 Å². The van der Waals surface area contributed by atoms with Gasteiger partial charge < -0.3 is 5.32 Å². The highest BCUT2D eigenvalue weighted by atomic mass is 35.6. The van der Waals surface area contributed by atoms with Crippen molar-refractivity contribution in [3.05, 3.63) is 23.8 Å². The van der Waals surface area contributed by atoms with Gasteiger partial charge in [-0.15, -0.1) is 0 Å². The van der Waals surface area contributed by atoms with Gasteiger partial charge in [0, 0.05) is 12.2 Å². The van der Waals surface area contributed by atoms with E-state index in [0.717, 1.165) is 5.69 Å². The van der Waals surface area contributed by atoms with Gasteiger partial charge in [-0.25, -0.2) is 9.97 Å². The summed E-state index contributed by atoms with van der Waals surface area (Å²) < 4.78 is -1.57. The molecule has 78 valence electrons. The van der Waals surface area contributed by atoms with Crippen LogP contribution in [0.2, 0.25) is 0 Å². The minimum atomic E-state index is -1.57. The van der Waals surface area contributed by atoms with Crippen LogP contribution < -0.4 is 5.32 Å². The zero-order valence-corrected chi connectivity index (χ0v) is 10.0. The van der Waals surface area contributed by atoms with Crippen LogP contribution in [0.5, 0.6) is 0 Å². The Bertz CT molecular complexity index is 311. The first-order valence-electron chi connectivity index (χ1n) is 4.02. The number of hydrogen-bond acceptors (Lipinski definition) is 3. The van der Waals surface area contributed by atoms with Gasteiger partial charge >= 0.3 is 0 Å². The number of nitrogens with zero attached hydrogens (tertiary/aromatic N) is 2.